The Balaban J connectivity index is 1.22. The van der Waals surface area contributed by atoms with E-state index < -0.39 is 0 Å². The van der Waals surface area contributed by atoms with Crippen molar-refractivity contribution >= 4 is 38.9 Å². The van der Waals surface area contributed by atoms with Crippen LogP contribution in [-0.2, 0) is 5.41 Å². The number of fused-ring (bicyclic) bond motifs is 5. The van der Waals surface area contributed by atoms with Crippen molar-refractivity contribution in [3.63, 3.8) is 0 Å². The normalized spacial score (nSPS) is 12.8. The number of hydrogen-bond acceptors (Lipinski definition) is 6. The number of para-hydroxylation sites is 3. The van der Waals surface area contributed by atoms with Crippen molar-refractivity contribution in [2.75, 3.05) is 4.90 Å². The van der Waals surface area contributed by atoms with Crippen molar-refractivity contribution in [1.29, 1.82) is 10.5 Å². The number of rotatable bonds is 5. The predicted molar refractivity (Wildman–Crippen MR) is 227 cm³/mol. The number of hydrogen-bond donors (Lipinski definition) is 0. The van der Waals surface area contributed by atoms with Crippen LogP contribution in [0, 0.1) is 22.7 Å². The minimum atomic E-state index is -0.336. The molecule has 10 rings (SSSR count). The van der Waals surface area contributed by atoms with Gasteiger partial charge in [0.2, 0.25) is 0 Å². The summed E-state index contributed by atoms with van der Waals surface area (Å²) >= 11 is 0. The number of nitrogens with zero attached hydrogens (tertiary/aromatic N) is 7. The first-order valence-electron chi connectivity index (χ1n) is 18.8. The molecular weight excluding hydrogens is 699 g/mol. The lowest BCUT2D eigenvalue weighted by Crippen LogP contribution is -2.30. The molecule has 0 amide bonds. The Kier molecular flexibility index (Phi) is 7.78. The maximum atomic E-state index is 10.8. The third-order valence-electron chi connectivity index (χ3n) is 11.1. The van der Waals surface area contributed by atoms with Gasteiger partial charge in [-0.15, -0.1) is 0 Å². The van der Waals surface area contributed by atoms with Crippen LogP contribution in [0.1, 0.15) is 36.1 Å². The molecule has 0 radical (unpaired) electrons. The van der Waals surface area contributed by atoms with E-state index in [-0.39, 0.29) is 11.2 Å². The standard InChI is InChI=1S/C50H33N7/c1-50(2)40-23-13-15-25-43(40)56(36-20-10-5-11-21-36)45-28-39-38-22-12-14-24-42(38)57(44(39)29-41(45)50)37-26-34(30-51)46(35(27-37)31-52)49-54-47(32-16-6-3-7-17-32)53-48(55-49)33-18-8-4-9-19-33/h3-29H,1-2H3. The fourth-order valence-electron chi connectivity index (χ4n) is 8.39. The summed E-state index contributed by atoms with van der Waals surface area (Å²) in [5.41, 5.74) is 10.6. The highest BCUT2D eigenvalue weighted by Crippen LogP contribution is 2.53. The van der Waals surface area contributed by atoms with E-state index in [2.05, 4.69) is 114 Å². The molecular formula is C50H33N7. The van der Waals surface area contributed by atoms with Crippen LogP contribution in [0.5, 0.6) is 0 Å². The van der Waals surface area contributed by atoms with Crippen LogP contribution in [0.3, 0.4) is 0 Å². The first kappa shape index (κ1) is 33.7. The number of nitriles is 2. The molecule has 57 heavy (non-hydrogen) atoms. The van der Waals surface area contributed by atoms with E-state index in [9.17, 15) is 10.5 Å². The van der Waals surface area contributed by atoms with E-state index >= 15 is 0 Å². The van der Waals surface area contributed by atoms with Gasteiger partial charge in [-0.1, -0.05) is 129 Å². The first-order chi connectivity index (χ1) is 27.9. The Morgan fingerprint density at radius 2 is 1.02 bits per heavy atom. The fourth-order valence-corrected chi connectivity index (χ4v) is 8.39. The molecule has 0 fully saturated rings. The second-order valence-electron chi connectivity index (χ2n) is 14.7. The summed E-state index contributed by atoms with van der Waals surface area (Å²) < 4.78 is 2.18. The quantitative estimate of drug-likeness (QED) is 0.175. The molecule has 9 aromatic rings. The van der Waals surface area contributed by atoms with Crippen molar-refractivity contribution in [3.05, 3.63) is 186 Å². The minimum Gasteiger partial charge on any atom is -0.310 e. The van der Waals surface area contributed by atoms with Gasteiger partial charge in [-0.25, -0.2) is 15.0 Å². The molecule has 0 bridgehead atoms. The molecule has 7 aromatic carbocycles. The number of benzene rings is 7. The lowest BCUT2D eigenvalue weighted by atomic mass is 9.73. The van der Waals surface area contributed by atoms with Gasteiger partial charge >= 0.3 is 0 Å². The van der Waals surface area contributed by atoms with Crippen molar-refractivity contribution < 1.29 is 0 Å². The average molecular weight is 732 g/mol. The zero-order valence-electron chi connectivity index (χ0n) is 31.2. The predicted octanol–water partition coefficient (Wildman–Crippen LogP) is 11.8. The molecule has 7 nitrogen and oxygen atoms in total. The lowest BCUT2D eigenvalue weighted by molar-refractivity contribution is 0.632. The monoisotopic (exact) mass is 731 g/mol. The Bertz CT molecular complexity index is 3020. The zero-order chi connectivity index (χ0) is 38.7. The summed E-state index contributed by atoms with van der Waals surface area (Å²) in [4.78, 5) is 17.0. The average Bonchev–Trinajstić information content (AvgIpc) is 3.59. The van der Waals surface area contributed by atoms with Gasteiger partial charge in [-0.2, -0.15) is 10.5 Å². The third kappa shape index (κ3) is 5.37. The van der Waals surface area contributed by atoms with Crippen LogP contribution in [0.25, 0.3) is 61.7 Å². The molecule has 0 spiro atoms. The third-order valence-corrected chi connectivity index (χ3v) is 11.1. The second kappa shape index (κ2) is 13.2. The summed E-state index contributed by atoms with van der Waals surface area (Å²) in [6.07, 6.45) is 0. The first-order valence-corrected chi connectivity index (χ1v) is 18.8. The highest BCUT2D eigenvalue weighted by atomic mass is 15.2. The molecule has 0 saturated carbocycles. The van der Waals surface area contributed by atoms with Gasteiger partial charge in [0.25, 0.3) is 0 Å². The molecule has 0 saturated heterocycles. The Morgan fingerprint density at radius 3 is 1.65 bits per heavy atom. The van der Waals surface area contributed by atoms with E-state index in [1.165, 1.54) is 11.1 Å². The fraction of sp³-hybridized carbons (Fsp3) is 0.0600. The number of anilines is 3. The smallest absolute Gasteiger partial charge is 0.166 e. The Labute approximate surface area is 330 Å². The van der Waals surface area contributed by atoms with E-state index in [0.717, 1.165) is 50.0 Å². The molecule has 0 N–H and O–H groups in total. The van der Waals surface area contributed by atoms with Crippen LogP contribution < -0.4 is 4.90 Å². The summed E-state index contributed by atoms with van der Waals surface area (Å²) in [7, 11) is 0. The van der Waals surface area contributed by atoms with E-state index in [1.54, 1.807) is 0 Å². The summed E-state index contributed by atoms with van der Waals surface area (Å²) in [5, 5.41) is 23.8. The number of aromatic nitrogens is 4. The largest absolute Gasteiger partial charge is 0.310 e. The van der Waals surface area contributed by atoms with Gasteiger partial charge in [0, 0.05) is 38.7 Å². The summed E-state index contributed by atoms with van der Waals surface area (Å²) in [6, 6.07) is 59.9. The van der Waals surface area contributed by atoms with Crippen molar-refractivity contribution in [2.45, 2.75) is 19.3 Å². The maximum absolute atomic E-state index is 10.8. The molecule has 7 heteroatoms. The molecule has 0 aliphatic carbocycles. The Hall–Kier alpha value is -7.87. The van der Waals surface area contributed by atoms with Crippen LogP contribution >= 0.6 is 0 Å². The molecule has 1 aliphatic rings. The topological polar surface area (TPSA) is 94.4 Å². The molecule has 0 unspecified atom stereocenters. The van der Waals surface area contributed by atoms with Crippen LogP contribution in [-0.4, -0.2) is 19.5 Å². The van der Waals surface area contributed by atoms with Crippen LogP contribution in [0.4, 0.5) is 17.1 Å². The van der Waals surface area contributed by atoms with Gasteiger partial charge in [0.1, 0.15) is 12.1 Å². The maximum Gasteiger partial charge on any atom is 0.166 e. The molecule has 268 valence electrons. The van der Waals surface area contributed by atoms with E-state index in [4.69, 9.17) is 15.0 Å². The molecule has 0 atom stereocenters. The van der Waals surface area contributed by atoms with Gasteiger partial charge in [-0.05, 0) is 59.7 Å². The molecule has 2 aromatic heterocycles. The van der Waals surface area contributed by atoms with Crippen LogP contribution in [0.2, 0.25) is 0 Å². The van der Waals surface area contributed by atoms with Crippen molar-refractivity contribution in [3.8, 4) is 52.0 Å². The van der Waals surface area contributed by atoms with Crippen molar-refractivity contribution in [1.82, 2.24) is 19.5 Å². The summed E-state index contributed by atoms with van der Waals surface area (Å²) in [5.74, 6) is 1.18. The molecule has 1 aliphatic heterocycles. The van der Waals surface area contributed by atoms with Gasteiger partial charge in [0.15, 0.2) is 17.5 Å². The highest BCUT2D eigenvalue weighted by Gasteiger charge is 2.38. The van der Waals surface area contributed by atoms with Gasteiger partial charge in [-0.3, -0.25) is 0 Å². The zero-order valence-corrected chi connectivity index (χ0v) is 31.2. The van der Waals surface area contributed by atoms with E-state index in [1.807, 2.05) is 84.9 Å². The van der Waals surface area contributed by atoms with E-state index in [0.29, 0.717) is 34.0 Å². The second-order valence-corrected chi connectivity index (χ2v) is 14.7. The lowest BCUT2D eigenvalue weighted by Gasteiger charge is -2.42. The van der Waals surface area contributed by atoms with Gasteiger partial charge in [0.05, 0.1) is 39.1 Å². The highest BCUT2D eigenvalue weighted by molar-refractivity contribution is 6.12. The van der Waals surface area contributed by atoms with Crippen LogP contribution in [0.15, 0.2) is 164 Å². The van der Waals surface area contributed by atoms with Gasteiger partial charge < -0.3 is 9.47 Å². The minimum absolute atomic E-state index is 0.264. The molecule has 3 heterocycles. The van der Waals surface area contributed by atoms with Crippen molar-refractivity contribution in [2.24, 2.45) is 0 Å². The Morgan fingerprint density at radius 1 is 0.474 bits per heavy atom. The SMILES string of the molecule is CC1(C)c2ccccc2N(c2ccccc2)c2cc3c4ccccc4n(-c4cc(C#N)c(-c5nc(-c6ccccc6)nc(-c6ccccc6)n5)c(C#N)c4)c3cc21. The summed E-state index contributed by atoms with van der Waals surface area (Å²) in [6.45, 7) is 4.56.